The molecule has 1 saturated heterocycles. The van der Waals surface area contributed by atoms with Gasteiger partial charge in [0.15, 0.2) is 0 Å². The second-order valence-electron chi connectivity index (χ2n) is 4.90. The summed E-state index contributed by atoms with van der Waals surface area (Å²) in [6.45, 7) is 2.98. The molecular formula is C13H19BrN2O2S. The molecule has 0 aromatic heterocycles. The summed E-state index contributed by atoms with van der Waals surface area (Å²) in [4.78, 5) is 0.402. The molecule has 2 rings (SSSR count). The van der Waals surface area contributed by atoms with Gasteiger partial charge in [0.2, 0.25) is 10.0 Å². The van der Waals surface area contributed by atoms with E-state index in [1.165, 1.54) is 0 Å². The molecule has 1 aromatic carbocycles. The van der Waals surface area contributed by atoms with Gasteiger partial charge in [-0.15, -0.1) is 0 Å². The largest absolute Gasteiger partial charge is 0.316 e. The zero-order valence-corrected chi connectivity index (χ0v) is 13.6. The van der Waals surface area contributed by atoms with Gasteiger partial charge in [0.1, 0.15) is 0 Å². The Bertz CT molecular complexity index is 560. The van der Waals surface area contributed by atoms with Crippen LogP contribution in [0, 0.1) is 6.92 Å². The molecule has 1 fully saturated rings. The van der Waals surface area contributed by atoms with Crippen molar-refractivity contribution in [2.24, 2.45) is 0 Å². The Morgan fingerprint density at radius 3 is 2.84 bits per heavy atom. The van der Waals surface area contributed by atoms with Crippen LogP contribution in [-0.2, 0) is 10.0 Å². The number of hydrogen-bond acceptors (Lipinski definition) is 3. The van der Waals surface area contributed by atoms with Gasteiger partial charge >= 0.3 is 0 Å². The summed E-state index contributed by atoms with van der Waals surface area (Å²) in [6.07, 6.45) is 1.93. The summed E-state index contributed by atoms with van der Waals surface area (Å²) >= 11 is 3.34. The fourth-order valence-electron chi connectivity index (χ4n) is 2.39. The van der Waals surface area contributed by atoms with Crippen molar-refractivity contribution in [2.45, 2.75) is 30.7 Å². The highest BCUT2D eigenvalue weighted by atomic mass is 79.9. The van der Waals surface area contributed by atoms with Crippen LogP contribution in [0.15, 0.2) is 27.6 Å². The van der Waals surface area contributed by atoms with Gasteiger partial charge < -0.3 is 5.32 Å². The third-order valence-corrected chi connectivity index (χ3v) is 6.06. The average Bonchev–Trinajstić information content (AvgIpc) is 2.41. The van der Waals surface area contributed by atoms with Crippen molar-refractivity contribution in [3.8, 4) is 0 Å². The molecule has 0 amide bonds. The summed E-state index contributed by atoms with van der Waals surface area (Å²) in [5.41, 5.74) is 0.787. The van der Waals surface area contributed by atoms with E-state index in [1.54, 1.807) is 10.4 Å². The predicted octanol–water partition coefficient (Wildman–Crippen LogP) is 2.13. The summed E-state index contributed by atoms with van der Waals surface area (Å²) in [7, 11) is -1.51. The molecule has 0 aliphatic carbocycles. The Morgan fingerprint density at radius 1 is 1.42 bits per heavy atom. The molecule has 0 radical (unpaired) electrons. The van der Waals surface area contributed by atoms with E-state index in [0.29, 0.717) is 18.0 Å². The Kier molecular flexibility index (Phi) is 4.66. The molecule has 1 aliphatic heterocycles. The maximum Gasteiger partial charge on any atom is 0.243 e. The highest BCUT2D eigenvalue weighted by Crippen LogP contribution is 2.26. The number of hydrogen-bond donors (Lipinski definition) is 1. The molecular weight excluding hydrogens is 328 g/mol. The molecule has 1 heterocycles. The lowest BCUT2D eigenvalue weighted by Crippen LogP contribution is -2.46. The highest BCUT2D eigenvalue weighted by Gasteiger charge is 2.30. The first-order chi connectivity index (χ1) is 8.95. The van der Waals surface area contributed by atoms with Gasteiger partial charge in [-0.2, -0.15) is 4.31 Å². The van der Waals surface area contributed by atoms with Crippen LogP contribution in [0.1, 0.15) is 18.4 Å². The van der Waals surface area contributed by atoms with Crippen LogP contribution in [0.2, 0.25) is 0 Å². The fraction of sp³-hybridized carbons (Fsp3) is 0.538. The highest BCUT2D eigenvalue weighted by molar-refractivity contribution is 9.10. The Morgan fingerprint density at radius 2 is 2.16 bits per heavy atom. The molecule has 1 unspecified atom stereocenters. The van der Waals surface area contributed by atoms with E-state index in [0.717, 1.165) is 22.9 Å². The first-order valence-electron chi connectivity index (χ1n) is 6.38. The summed E-state index contributed by atoms with van der Waals surface area (Å²) in [5, 5.41) is 3.17. The first-order valence-corrected chi connectivity index (χ1v) is 8.62. The van der Waals surface area contributed by atoms with E-state index < -0.39 is 10.0 Å². The second-order valence-corrected chi connectivity index (χ2v) is 7.72. The van der Waals surface area contributed by atoms with Crippen molar-refractivity contribution < 1.29 is 8.42 Å². The molecule has 0 saturated carbocycles. The van der Waals surface area contributed by atoms with Crippen LogP contribution in [-0.4, -0.2) is 38.9 Å². The number of halogens is 1. The standard InChI is InChI=1S/C13H19BrN2O2S/c1-10-5-6-11(14)8-13(10)19(17,18)16-7-3-4-12(9-16)15-2/h5-6,8,12,15H,3-4,7,9H2,1-2H3. The molecule has 1 N–H and O–H groups in total. The second kappa shape index (κ2) is 5.91. The van der Waals surface area contributed by atoms with E-state index in [4.69, 9.17) is 0 Å². The maximum absolute atomic E-state index is 12.7. The molecule has 106 valence electrons. The number of rotatable bonds is 3. The summed E-state index contributed by atoms with van der Waals surface area (Å²) in [5.74, 6) is 0. The van der Waals surface area contributed by atoms with Gasteiger partial charge in [-0.05, 0) is 44.5 Å². The number of nitrogens with one attached hydrogen (secondary N) is 1. The maximum atomic E-state index is 12.7. The molecule has 1 aromatic rings. The monoisotopic (exact) mass is 346 g/mol. The van der Waals surface area contributed by atoms with Crippen molar-refractivity contribution in [3.63, 3.8) is 0 Å². The van der Waals surface area contributed by atoms with Gasteiger partial charge in [0.25, 0.3) is 0 Å². The van der Waals surface area contributed by atoms with Crippen molar-refractivity contribution >= 4 is 26.0 Å². The lowest BCUT2D eigenvalue weighted by Gasteiger charge is -2.32. The molecule has 4 nitrogen and oxygen atoms in total. The van der Waals surface area contributed by atoms with Gasteiger partial charge in [-0.1, -0.05) is 22.0 Å². The predicted molar refractivity (Wildman–Crippen MR) is 79.7 cm³/mol. The van der Waals surface area contributed by atoms with Crippen molar-refractivity contribution in [3.05, 3.63) is 28.2 Å². The third-order valence-electron chi connectivity index (χ3n) is 3.56. The van der Waals surface area contributed by atoms with Crippen LogP contribution in [0.3, 0.4) is 0 Å². The molecule has 0 spiro atoms. The zero-order chi connectivity index (χ0) is 14.0. The normalized spacial score (nSPS) is 21.5. The smallest absolute Gasteiger partial charge is 0.243 e. The van der Waals surface area contributed by atoms with Crippen LogP contribution in [0.25, 0.3) is 0 Å². The van der Waals surface area contributed by atoms with E-state index in [9.17, 15) is 8.42 Å². The minimum absolute atomic E-state index is 0.246. The Balaban J connectivity index is 2.34. The summed E-state index contributed by atoms with van der Waals surface area (Å²) < 4.78 is 27.8. The van der Waals surface area contributed by atoms with E-state index in [1.807, 2.05) is 26.1 Å². The van der Waals surface area contributed by atoms with Crippen molar-refractivity contribution in [1.82, 2.24) is 9.62 Å². The topological polar surface area (TPSA) is 49.4 Å². The molecule has 0 bridgehead atoms. The SMILES string of the molecule is CNC1CCCN(S(=O)(=O)c2cc(Br)ccc2C)C1. The van der Waals surface area contributed by atoms with E-state index in [2.05, 4.69) is 21.2 Å². The fourth-order valence-corrected chi connectivity index (χ4v) is 4.67. The van der Waals surface area contributed by atoms with Crippen LogP contribution in [0.5, 0.6) is 0 Å². The number of aryl methyl sites for hydroxylation is 1. The van der Waals surface area contributed by atoms with Crippen LogP contribution < -0.4 is 5.32 Å². The number of piperidine rings is 1. The summed E-state index contributed by atoms with van der Waals surface area (Å²) in [6, 6.07) is 5.63. The van der Waals surface area contributed by atoms with Crippen molar-refractivity contribution in [2.75, 3.05) is 20.1 Å². The number of nitrogens with zero attached hydrogens (tertiary/aromatic N) is 1. The Labute approximate surface area is 123 Å². The molecule has 1 atom stereocenters. The third kappa shape index (κ3) is 3.18. The number of benzene rings is 1. The first kappa shape index (κ1) is 15.0. The molecule has 19 heavy (non-hydrogen) atoms. The lowest BCUT2D eigenvalue weighted by atomic mass is 10.1. The zero-order valence-electron chi connectivity index (χ0n) is 11.2. The number of sulfonamides is 1. The van der Waals surface area contributed by atoms with Crippen molar-refractivity contribution in [1.29, 1.82) is 0 Å². The van der Waals surface area contributed by atoms with Crippen LogP contribution in [0.4, 0.5) is 0 Å². The van der Waals surface area contributed by atoms with E-state index in [-0.39, 0.29) is 6.04 Å². The van der Waals surface area contributed by atoms with Gasteiger partial charge in [0, 0.05) is 23.6 Å². The quantitative estimate of drug-likeness (QED) is 0.911. The number of likely N-dealkylation sites (N-methyl/N-ethyl adjacent to an activating group) is 1. The van der Waals surface area contributed by atoms with Gasteiger partial charge in [0.05, 0.1) is 4.90 Å². The minimum atomic E-state index is -3.39. The van der Waals surface area contributed by atoms with E-state index >= 15 is 0 Å². The molecule has 6 heteroatoms. The minimum Gasteiger partial charge on any atom is -0.316 e. The molecule has 1 aliphatic rings. The van der Waals surface area contributed by atoms with Gasteiger partial charge in [-0.3, -0.25) is 0 Å². The van der Waals surface area contributed by atoms with Crippen LogP contribution >= 0.6 is 15.9 Å². The van der Waals surface area contributed by atoms with Gasteiger partial charge in [-0.25, -0.2) is 8.42 Å². The lowest BCUT2D eigenvalue weighted by molar-refractivity contribution is 0.292. The Hall–Kier alpha value is -0.430. The average molecular weight is 347 g/mol.